The molecule has 2 rings (SSSR count). The number of hydrogen-bond acceptors (Lipinski definition) is 5. The second kappa shape index (κ2) is 6.39. The Morgan fingerprint density at radius 3 is 2.59 bits per heavy atom. The van der Waals surface area contributed by atoms with E-state index in [0.29, 0.717) is 5.16 Å². The van der Waals surface area contributed by atoms with Crippen molar-refractivity contribution >= 4 is 17.7 Å². The van der Waals surface area contributed by atoms with Crippen LogP contribution in [-0.2, 0) is 22.8 Å². The summed E-state index contributed by atoms with van der Waals surface area (Å²) in [5.74, 6) is -0.787. The highest BCUT2D eigenvalue weighted by Crippen LogP contribution is 2.41. The molecule has 1 aromatic heterocycles. The molecule has 0 N–H and O–H groups in total. The molecular formula is C13H12F3N3O2S. The fourth-order valence-electron chi connectivity index (χ4n) is 1.81. The lowest BCUT2D eigenvalue weighted by molar-refractivity contribution is -0.141. The summed E-state index contributed by atoms with van der Waals surface area (Å²) in [6.07, 6.45) is -3.17. The Balaban J connectivity index is 2.47. The van der Waals surface area contributed by atoms with Crippen molar-refractivity contribution in [3.63, 3.8) is 0 Å². The Hall–Kier alpha value is -2.03. The molecule has 22 heavy (non-hydrogen) atoms. The number of carbonyl (C=O) groups is 1. The maximum Gasteiger partial charge on any atom is 0.416 e. The molecule has 0 spiro atoms. The third-order valence-electron chi connectivity index (χ3n) is 2.86. The molecule has 0 aliphatic carbocycles. The topological polar surface area (TPSA) is 57.0 Å². The Bertz CT molecular complexity index is 673. The number of rotatable bonds is 4. The Kier molecular flexibility index (Phi) is 4.74. The molecule has 5 nitrogen and oxygen atoms in total. The molecule has 0 unspecified atom stereocenters. The predicted molar refractivity (Wildman–Crippen MR) is 73.1 cm³/mol. The van der Waals surface area contributed by atoms with Crippen molar-refractivity contribution in [3.05, 3.63) is 41.7 Å². The number of methoxy groups -OCH3 is 1. The molecular weight excluding hydrogens is 319 g/mol. The number of halogens is 3. The number of hydrogen-bond donors (Lipinski definition) is 0. The second-order valence-electron chi connectivity index (χ2n) is 4.33. The minimum atomic E-state index is -4.57. The first-order chi connectivity index (χ1) is 10.3. The van der Waals surface area contributed by atoms with Crippen molar-refractivity contribution in [1.82, 2.24) is 14.8 Å². The first-order valence-electron chi connectivity index (χ1n) is 6.09. The van der Waals surface area contributed by atoms with Crippen molar-refractivity contribution in [2.24, 2.45) is 7.05 Å². The summed E-state index contributed by atoms with van der Waals surface area (Å²) < 4.78 is 45.6. The van der Waals surface area contributed by atoms with Crippen molar-refractivity contribution in [3.8, 4) is 0 Å². The van der Waals surface area contributed by atoms with Gasteiger partial charge in [0.05, 0.1) is 12.7 Å². The minimum Gasteiger partial charge on any atom is -0.468 e. The normalized spacial score (nSPS) is 13.0. The molecule has 1 atom stereocenters. The molecule has 0 radical (unpaired) electrons. The number of benzene rings is 1. The van der Waals surface area contributed by atoms with Crippen LogP contribution in [0.5, 0.6) is 0 Å². The monoisotopic (exact) mass is 331 g/mol. The number of thioether (sulfide) groups is 1. The largest absolute Gasteiger partial charge is 0.468 e. The summed E-state index contributed by atoms with van der Waals surface area (Å²) in [5, 5.41) is 6.54. The van der Waals surface area contributed by atoms with E-state index in [0.717, 1.165) is 24.9 Å². The quantitative estimate of drug-likeness (QED) is 0.637. The van der Waals surface area contributed by atoms with Gasteiger partial charge in [-0.2, -0.15) is 13.2 Å². The highest BCUT2D eigenvalue weighted by atomic mass is 32.2. The molecule has 0 aliphatic heterocycles. The average molecular weight is 331 g/mol. The van der Waals surface area contributed by atoms with E-state index in [9.17, 15) is 18.0 Å². The zero-order valence-corrected chi connectivity index (χ0v) is 12.5. The van der Waals surface area contributed by atoms with Gasteiger partial charge in [0.1, 0.15) is 11.6 Å². The van der Waals surface area contributed by atoms with E-state index in [1.165, 1.54) is 29.1 Å². The highest BCUT2D eigenvalue weighted by molar-refractivity contribution is 8.00. The van der Waals surface area contributed by atoms with Crippen LogP contribution in [0, 0.1) is 0 Å². The van der Waals surface area contributed by atoms with E-state index < -0.39 is 23.0 Å². The first-order valence-corrected chi connectivity index (χ1v) is 6.97. The van der Waals surface area contributed by atoms with Gasteiger partial charge in [-0.05, 0) is 11.6 Å². The number of ether oxygens (including phenoxy) is 1. The third-order valence-corrected chi connectivity index (χ3v) is 4.12. The molecule has 0 fully saturated rings. The number of carbonyl (C=O) groups excluding carboxylic acids is 1. The molecule has 9 heteroatoms. The zero-order chi connectivity index (χ0) is 16.3. The van der Waals surface area contributed by atoms with E-state index in [4.69, 9.17) is 0 Å². The van der Waals surface area contributed by atoms with E-state index in [1.54, 1.807) is 7.05 Å². The summed E-state index contributed by atoms with van der Waals surface area (Å²) >= 11 is 0.853. The molecule has 0 amide bonds. The van der Waals surface area contributed by atoms with E-state index >= 15 is 0 Å². The average Bonchev–Trinajstić information content (AvgIpc) is 2.88. The fourth-order valence-corrected chi connectivity index (χ4v) is 2.86. The molecule has 2 aromatic rings. The van der Waals surface area contributed by atoms with Crippen LogP contribution >= 0.6 is 11.8 Å². The maximum atomic E-state index is 13.1. The first kappa shape index (κ1) is 16.3. The summed E-state index contributed by atoms with van der Waals surface area (Å²) in [5.41, 5.74) is -1.05. The van der Waals surface area contributed by atoms with Gasteiger partial charge < -0.3 is 9.30 Å². The van der Waals surface area contributed by atoms with Crippen LogP contribution in [-0.4, -0.2) is 27.8 Å². The van der Waals surface area contributed by atoms with E-state index in [1.807, 2.05) is 0 Å². The van der Waals surface area contributed by atoms with Gasteiger partial charge in [0.25, 0.3) is 0 Å². The highest BCUT2D eigenvalue weighted by Gasteiger charge is 2.38. The summed E-state index contributed by atoms with van der Waals surface area (Å²) in [4.78, 5) is 12.0. The Morgan fingerprint density at radius 1 is 1.36 bits per heavy atom. The van der Waals surface area contributed by atoms with Crippen LogP contribution in [0.15, 0.2) is 35.7 Å². The smallest absolute Gasteiger partial charge is 0.416 e. The number of esters is 1. The second-order valence-corrected chi connectivity index (χ2v) is 5.40. The van der Waals surface area contributed by atoms with Gasteiger partial charge in [-0.1, -0.05) is 30.0 Å². The number of aryl methyl sites for hydroxylation is 1. The van der Waals surface area contributed by atoms with Gasteiger partial charge in [0.2, 0.25) is 0 Å². The maximum absolute atomic E-state index is 13.1. The minimum absolute atomic E-state index is 0.171. The van der Waals surface area contributed by atoms with Crippen LogP contribution in [0.4, 0.5) is 13.2 Å². The summed E-state index contributed by atoms with van der Waals surface area (Å²) in [6.45, 7) is 0. The van der Waals surface area contributed by atoms with E-state index in [2.05, 4.69) is 14.9 Å². The van der Waals surface area contributed by atoms with Crippen molar-refractivity contribution in [2.45, 2.75) is 16.6 Å². The van der Waals surface area contributed by atoms with E-state index in [-0.39, 0.29) is 5.56 Å². The lowest BCUT2D eigenvalue weighted by atomic mass is 10.0. The number of nitrogens with zero attached hydrogens (tertiary/aromatic N) is 3. The Labute approximate surface area is 128 Å². The lowest BCUT2D eigenvalue weighted by Gasteiger charge is -2.19. The standard InChI is InChI=1S/C13H12F3N3O2S/c1-19-7-17-18-12(19)22-10(11(20)21-2)8-5-3-4-6-9(8)13(14,15)16/h3-7,10H,1-2H3/t10-/m1/s1. The molecule has 0 saturated heterocycles. The van der Waals surface area contributed by atoms with Gasteiger partial charge in [-0.15, -0.1) is 10.2 Å². The molecule has 0 bridgehead atoms. The third kappa shape index (κ3) is 3.41. The van der Waals surface area contributed by atoms with Crippen molar-refractivity contribution < 1.29 is 22.7 Å². The van der Waals surface area contributed by atoms with Crippen molar-refractivity contribution in [2.75, 3.05) is 7.11 Å². The van der Waals surface area contributed by atoms with Gasteiger partial charge in [-0.3, -0.25) is 4.79 Å². The zero-order valence-electron chi connectivity index (χ0n) is 11.7. The number of alkyl halides is 3. The van der Waals surface area contributed by atoms with Crippen LogP contribution < -0.4 is 0 Å². The van der Waals surface area contributed by atoms with Crippen LogP contribution in [0.1, 0.15) is 16.4 Å². The number of aromatic nitrogens is 3. The van der Waals surface area contributed by atoms with Gasteiger partial charge >= 0.3 is 12.1 Å². The molecule has 118 valence electrons. The molecule has 0 saturated carbocycles. The van der Waals surface area contributed by atoms with Crippen molar-refractivity contribution in [1.29, 1.82) is 0 Å². The molecule has 1 aromatic carbocycles. The van der Waals surface area contributed by atoms with Crippen LogP contribution in [0.25, 0.3) is 0 Å². The molecule has 0 aliphatic rings. The van der Waals surface area contributed by atoms with Gasteiger partial charge in [0, 0.05) is 7.05 Å². The van der Waals surface area contributed by atoms with Gasteiger partial charge in [0.15, 0.2) is 5.16 Å². The summed E-state index contributed by atoms with van der Waals surface area (Å²) in [6, 6.07) is 4.90. The molecule has 1 heterocycles. The lowest BCUT2D eigenvalue weighted by Crippen LogP contribution is -2.17. The van der Waals surface area contributed by atoms with Crippen LogP contribution in [0.2, 0.25) is 0 Å². The van der Waals surface area contributed by atoms with Crippen LogP contribution in [0.3, 0.4) is 0 Å². The van der Waals surface area contributed by atoms with Gasteiger partial charge in [-0.25, -0.2) is 0 Å². The Morgan fingerprint density at radius 2 is 2.05 bits per heavy atom. The SMILES string of the molecule is COC(=O)[C@H](Sc1nncn1C)c1ccccc1C(F)(F)F. The predicted octanol–water partition coefficient (Wildman–Crippen LogP) is 2.84. The fraction of sp³-hybridized carbons (Fsp3) is 0.308. The summed E-state index contributed by atoms with van der Waals surface area (Å²) in [7, 11) is 2.76.